The molecule has 0 N–H and O–H groups in total. The van der Waals surface area contributed by atoms with Gasteiger partial charge in [-0.05, 0) is 41.0 Å². The molecule has 1 fully saturated rings. The highest BCUT2D eigenvalue weighted by Crippen LogP contribution is 2.64. The van der Waals surface area contributed by atoms with Gasteiger partial charge < -0.3 is 0 Å². The van der Waals surface area contributed by atoms with Crippen LogP contribution < -0.4 is 0 Å². The molecule has 4 aromatic carbocycles. The second-order valence-corrected chi connectivity index (χ2v) is 10.4. The summed E-state index contributed by atoms with van der Waals surface area (Å²) in [5.74, 6) is -2.91. The van der Waals surface area contributed by atoms with Crippen molar-refractivity contribution in [2.75, 3.05) is 0 Å². The smallest absolute Gasteiger partial charge is 0.269 e. The van der Waals surface area contributed by atoms with Gasteiger partial charge in [-0.1, -0.05) is 60.7 Å². The molecular formula is C32H20FN3O5. The quantitative estimate of drug-likeness (QED) is 0.144. The van der Waals surface area contributed by atoms with Gasteiger partial charge >= 0.3 is 0 Å². The molecule has 4 aromatic rings. The summed E-state index contributed by atoms with van der Waals surface area (Å²) in [5.41, 5.74) is 0.512. The lowest BCUT2D eigenvalue weighted by atomic mass is 9.63. The van der Waals surface area contributed by atoms with Crippen LogP contribution in [0.25, 0.3) is 0 Å². The van der Waals surface area contributed by atoms with E-state index < -0.39 is 51.5 Å². The van der Waals surface area contributed by atoms with E-state index in [4.69, 9.17) is 0 Å². The number of benzene rings is 4. The summed E-state index contributed by atoms with van der Waals surface area (Å²) in [5, 5.41) is 17.6. The Balaban J connectivity index is 1.54. The lowest BCUT2D eigenvalue weighted by molar-refractivity contribution is -0.384. The fourth-order valence-electron chi connectivity index (χ4n) is 6.74. The van der Waals surface area contributed by atoms with E-state index in [9.17, 15) is 28.9 Å². The van der Waals surface area contributed by atoms with Gasteiger partial charge in [-0.3, -0.25) is 29.5 Å². The summed E-state index contributed by atoms with van der Waals surface area (Å²) in [7, 11) is 0. The normalized spacial score (nSPS) is 21.5. The Hall–Kier alpha value is -5.31. The zero-order valence-corrected chi connectivity index (χ0v) is 21.3. The number of carbonyl (C=O) groups is 3. The number of ketones is 3. The van der Waals surface area contributed by atoms with Gasteiger partial charge in [-0.25, -0.2) is 4.39 Å². The number of halogens is 1. The lowest BCUT2D eigenvalue weighted by Gasteiger charge is -2.36. The van der Waals surface area contributed by atoms with Crippen molar-refractivity contribution in [2.45, 2.75) is 18.0 Å². The molecule has 3 atom stereocenters. The Kier molecular flexibility index (Phi) is 5.34. The highest BCUT2D eigenvalue weighted by atomic mass is 19.1. The minimum absolute atomic E-state index is 0.171. The third kappa shape index (κ3) is 3.32. The number of Topliss-reactive ketones (excluding diaryl/α,β-unsaturated/α-hetero) is 3. The van der Waals surface area contributed by atoms with Crippen LogP contribution in [0.4, 0.5) is 10.1 Å². The number of nitro benzene ring substituents is 1. The largest absolute Gasteiger partial charge is 0.293 e. The lowest BCUT2D eigenvalue weighted by Crippen LogP contribution is -2.43. The van der Waals surface area contributed by atoms with Gasteiger partial charge in [-0.15, -0.1) is 0 Å². The van der Waals surface area contributed by atoms with Gasteiger partial charge in [0.2, 0.25) is 0 Å². The van der Waals surface area contributed by atoms with Gasteiger partial charge in [-0.2, -0.15) is 5.10 Å². The van der Waals surface area contributed by atoms with E-state index in [2.05, 4.69) is 5.10 Å². The molecule has 3 aliphatic rings. The van der Waals surface area contributed by atoms with Crippen LogP contribution in [0.3, 0.4) is 0 Å². The van der Waals surface area contributed by atoms with E-state index in [0.717, 1.165) is 0 Å². The first-order valence-corrected chi connectivity index (χ1v) is 13.0. The van der Waals surface area contributed by atoms with E-state index in [1.807, 2.05) is 18.2 Å². The van der Waals surface area contributed by atoms with Crippen LogP contribution in [0.5, 0.6) is 0 Å². The van der Waals surface area contributed by atoms with Crippen molar-refractivity contribution < 1.29 is 23.7 Å². The first-order valence-electron chi connectivity index (χ1n) is 13.0. The minimum Gasteiger partial charge on any atom is -0.293 e. The second-order valence-electron chi connectivity index (χ2n) is 10.4. The molecule has 200 valence electrons. The Labute approximate surface area is 232 Å². The van der Waals surface area contributed by atoms with Crippen LogP contribution in [-0.2, 0) is 0 Å². The third-order valence-electron chi connectivity index (χ3n) is 8.44. The van der Waals surface area contributed by atoms with E-state index in [-0.39, 0.29) is 22.4 Å². The first-order chi connectivity index (χ1) is 19.8. The van der Waals surface area contributed by atoms with Crippen LogP contribution in [0.15, 0.2) is 102 Å². The van der Waals surface area contributed by atoms with Crippen molar-refractivity contribution in [3.8, 4) is 0 Å². The van der Waals surface area contributed by atoms with E-state index in [1.54, 1.807) is 36.5 Å². The van der Waals surface area contributed by atoms with Crippen molar-refractivity contribution in [3.05, 3.63) is 146 Å². The molecule has 7 rings (SSSR count). The summed E-state index contributed by atoms with van der Waals surface area (Å²) in [6.45, 7) is 0. The Morgan fingerprint density at radius 2 is 1.46 bits per heavy atom. The average molecular weight is 546 g/mol. The molecule has 8 nitrogen and oxygen atoms in total. The van der Waals surface area contributed by atoms with E-state index >= 15 is 0 Å². The molecule has 2 heterocycles. The summed E-state index contributed by atoms with van der Waals surface area (Å²) in [4.78, 5) is 54.5. The molecule has 1 spiro atoms. The number of hydrogen-bond acceptors (Lipinski definition) is 7. The molecule has 0 bridgehead atoms. The van der Waals surface area contributed by atoms with Crippen LogP contribution in [-0.4, -0.2) is 39.5 Å². The SMILES string of the molecule is O=C(c1ccc(F)cc1)C1C(c2ccc([N+](=O)[O-])cc2)C2(C(=O)c3ccccc3C2=O)C2c3ccccc3C=NN12. The van der Waals surface area contributed by atoms with Crippen LogP contribution >= 0.6 is 0 Å². The van der Waals surface area contributed by atoms with E-state index in [0.29, 0.717) is 16.7 Å². The number of nitro groups is 1. The molecule has 1 aliphatic carbocycles. The van der Waals surface area contributed by atoms with E-state index in [1.165, 1.54) is 53.5 Å². The average Bonchev–Trinajstić information content (AvgIpc) is 3.43. The first kappa shape index (κ1) is 24.7. The number of hydrogen-bond donors (Lipinski definition) is 0. The summed E-state index contributed by atoms with van der Waals surface area (Å²) in [6, 6.07) is 22.4. The standard InChI is InChI=1S/C32H20FN3O5/c33-21-13-9-19(10-14-21)28(37)27-26(18-11-15-22(16-12-18)36(40)41)32(30(38)24-7-3-4-8-25(24)31(32)39)29-23-6-2-1-5-20(23)17-34-35(27)29/h1-17,26-27,29H. The minimum atomic E-state index is -1.80. The van der Waals surface area contributed by atoms with Crippen molar-refractivity contribution in [1.82, 2.24) is 5.01 Å². The molecule has 1 saturated heterocycles. The molecule has 0 aromatic heterocycles. The fourth-order valence-corrected chi connectivity index (χ4v) is 6.74. The van der Waals surface area contributed by atoms with Crippen LogP contribution in [0.2, 0.25) is 0 Å². The maximum absolute atomic E-state index is 14.6. The highest BCUT2D eigenvalue weighted by molar-refractivity contribution is 6.31. The fraction of sp³-hybridized carbons (Fsp3) is 0.125. The zero-order chi connectivity index (χ0) is 28.5. The van der Waals surface area contributed by atoms with Crippen LogP contribution in [0.1, 0.15) is 59.7 Å². The predicted octanol–water partition coefficient (Wildman–Crippen LogP) is 5.54. The maximum Gasteiger partial charge on any atom is 0.269 e. The monoisotopic (exact) mass is 545 g/mol. The molecule has 0 amide bonds. The Morgan fingerprint density at radius 3 is 2.10 bits per heavy atom. The van der Waals surface area contributed by atoms with Gasteiger partial charge in [0.15, 0.2) is 17.3 Å². The molecule has 3 unspecified atom stereocenters. The van der Waals surface area contributed by atoms with Crippen molar-refractivity contribution >= 4 is 29.3 Å². The Bertz CT molecular complexity index is 1780. The number of nitrogens with zero attached hydrogens (tertiary/aromatic N) is 3. The van der Waals surface area contributed by atoms with Crippen molar-refractivity contribution in [1.29, 1.82) is 0 Å². The number of rotatable bonds is 4. The second kappa shape index (κ2) is 8.85. The number of fused-ring (bicyclic) bond motifs is 5. The Morgan fingerprint density at radius 1 is 0.854 bits per heavy atom. The molecule has 0 saturated carbocycles. The van der Waals surface area contributed by atoms with Gasteiger partial charge in [0.05, 0.1) is 17.2 Å². The molecular weight excluding hydrogens is 525 g/mol. The summed E-state index contributed by atoms with van der Waals surface area (Å²) >= 11 is 0. The third-order valence-corrected chi connectivity index (χ3v) is 8.44. The number of hydrazone groups is 1. The maximum atomic E-state index is 14.6. The predicted molar refractivity (Wildman–Crippen MR) is 147 cm³/mol. The van der Waals surface area contributed by atoms with Crippen molar-refractivity contribution in [2.24, 2.45) is 10.5 Å². The molecule has 0 radical (unpaired) electrons. The zero-order valence-electron chi connectivity index (χ0n) is 21.3. The summed E-state index contributed by atoms with van der Waals surface area (Å²) < 4.78 is 13.8. The molecule has 9 heteroatoms. The van der Waals surface area contributed by atoms with Gasteiger partial charge in [0.1, 0.15) is 17.3 Å². The van der Waals surface area contributed by atoms with Crippen molar-refractivity contribution in [3.63, 3.8) is 0 Å². The van der Waals surface area contributed by atoms with Crippen LogP contribution in [0, 0.1) is 21.3 Å². The molecule has 41 heavy (non-hydrogen) atoms. The van der Waals surface area contributed by atoms with Gasteiger partial charge in [0, 0.05) is 34.7 Å². The highest BCUT2D eigenvalue weighted by Gasteiger charge is 2.72. The summed E-state index contributed by atoms with van der Waals surface area (Å²) in [6.07, 6.45) is 1.60. The molecule has 2 aliphatic heterocycles. The van der Waals surface area contributed by atoms with Gasteiger partial charge in [0.25, 0.3) is 5.69 Å². The topological polar surface area (TPSA) is 110 Å². The number of carbonyl (C=O) groups excluding carboxylic acids is 3. The number of non-ortho nitro benzene ring substituents is 1.